The molecule has 82 valence electrons. The Hall–Kier alpha value is -1.09. The molecule has 2 nitrogen and oxygen atoms in total. The average molecular weight is 223 g/mol. The van der Waals surface area contributed by atoms with E-state index in [1.54, 1.807) is 0 Å². The van der Waals surface area contributed by atoms with Crippen LogP contribution in [0.3, 0.4) is 0 Å². The minimum absolute atomic E-state index is 0.552. The number of rotatable bonds is 4. The van der Waals surface area contributed by atoms with Gasteiger partial charge in [-0.2, -0.15) is 0 Å². The third-order valence-electron chi connectivity index (χ3n) is 2.23. The maximum Gasteiger partial charge on any atom is 0.259 e. The van der Waals surface area contributed by atoms with Gasteiger partial charge < -0.3 is 9.64 Å². The van der Waals surface area contributed by atoms with Crippen molar-refractivity contribution in [3.63, 3.8) is 0 Å². The van der Waals surface area contributed by atoms with E-state index in [1.165, 1.54) is 0 Å². The van der Waals surface area contributed by atoms with Crippen LogP contribution in [0.5, 0.6) is 0 Å². The zero-order chi connectivity index (χ0) is 11.1. The Labute approximate surface area is 96.9 Å². The van der Waals surface area contributed by atoms with Gasteiger partial charge in [-0.3, -0.25) is 0 Å². The molecule has 0 atom stereocenters. The molecule has 0 N–H and O–H groups in total. The summed E-state index contributed by atoms with van der Waals surface area (Å²) >= 11 is 5.18. The molecule has 0 bridgehead atoms. The third-order valence-corrected chi connectivity index (χ3v) is 2.60. The summed E-state index contributed by atoms with van der Waals surface area (Å²) in [6.07, 6.45) is 0. The van der Waals surface area contributed by atoms with E-state index in [1.807, 2.05) is 35.2 Å². The highest BCUT2D eigenvalue weighted by atomic mass is 32.1. The molecule has 0 fully saturated rings. The average Bonchev–Trinajstić information content (AvgIpc) is 2.29. The molecule has 0 aliphatic rings. The highest BCUT2D eigenvalue weighted by Crippen LogP contribution is 2.03. The van der Waals surface area contributed by atoms with E-state index >= 15 is 0 Å². The predicted molar refractivity (Wildman–Crippen MR) is 66.8 cm³/mol. The molecule has 1 aromatic carbocycles. The summed E-state index contributed by atoms with van der Waals surface area (Å²) in [5, 5.41) is 0.587. The molecule has 0 heterocycles. The lowest BCUT2D eigenvalue weighted by molar-refractivity contribution is 0.238. The lowest BCUT2D eigenvalue weighted by Gasteiger charge is -2.21. The Morgan fingerprint density at radius 3 is 2.33 bits per heavy atom. The van der Waals surface area contributed by atoms with E-state index in [4.69, 9.17) is 17.0 Å². The monoisotopic (exact) mass is 223 g/mol. The number of thiocarbonyl (C=S) groups is 1. The molecule has 15 heavy (non-hydrogen) atoms. The van der Waals surface area contributed by atoms with Gasteiger partial charge in [-0.1, -0.05) is 30.3 Å². The van der Waals surface area contributed by atoms with E-state index in [0.29, 0.717) is 11.8 Å². The fourth-order valence-corrected chi connectivity index (χ4v) is 1.61. The van der Waals surface area contributed by atoms with Crippen LogP contribution in [0.2, 0.25) is 0 Å². The van der Waals surface area contributed by atoms with Crippen molar-refractivity contribution in [3.8, 4) is 0 Å². The van der Waals surface area contributed by atoms with Crippen LogP contribution >= 0.6 is 12.2 Å². The summed E-state index contributed by atoms with van der Waals surface area (Å²) in [5.41, 5.74) is 1.15. The van der Waals surface area contributed by atoms with Gasteiger partial charge in [-0.15, -0.1) is 0 Å². The Morgan fingerprint density at radius 1 is 1.20 bits per heavy atom. The van der Waals surface area contributed by atoms with Crippen molar-refractivity contribution in [2.45, 2.75) is 20.5 Å². The van der Waals surface area contributed by atoms with Gasteiger partial charge in [0.25, 0.3) is 5.17 Å². The molecular weight excluding hydrogens is 206 g/mol. The highest BCUT2D eigenvalue weighted by molar-refractivity contribution is 7.80. The SMILES string of the molecule is CCN(CC)C(=S)OCc1ccccc1. The molecule has 0 spiro atoms. The van der Waals surface area contributed by atoms with Crippen LogP contribution in [-0.2, 0) is 11.3 Å². The molecule has 3 heteroatoms. The van der Waals surface area contributed by atoms with Crippen molar-refractivity contribution in [2.24, 2.45) is 0 Å². The van der Waals surface area contributed by atoms with Crippen molar-refractivity contribution < 1.29 is 4.74 Å². The van der Waals surface area contributed by atoms with Gasteiger partial charge >= 0.3 is 0 Å². The smallest absolute Gasteiger partial charge is 0.259 e. The van der Waals surface area contributed by atoms with Crippen molar-refractivity contribution in [1.29, 1.82) is 0 Å². The summed E-state index contributed by atoms with van der Waals surface area (Å²) in [7, 11) is 0. The number of nitrogens with zero attached hydrogens (tertiary/aromatic N) is 1. The predicted octanol–water partition coefficient (Wildman–Crippen LogP) is 2.83. The topological polar surface area (TPSA) is 12.5 Å². The van der Waals surface area contributed by atoms with Crippen LogP contribution in [0.1, 0.15) is 19.4 Å². The Bertz CT molecular complexity index is 296. The molecule has 1 rings (SSSR count). The molecule has 0 aliphatic heterocycles. The van der Waals surface area contributed by atoms with Gasteiger partial charge in [-0.25, -0.2) is 0 Å². The molecule has 0 radical (unpaired) electrons. The van der Waals surface area contributed by atoms with Crippen molar-refractivity contribution >= 4 is 17.4 Å². The molecule has 0 aliphatic carbocycles. The molecule has 0 unspecified atom stereocenters. The van der Waals surface area contributed by atoms with Crippen LogP contribution < -0.4 is 0 Å². The number of benzene rings is 1. The van der Waals surface area contributed by atoms with Crippen LogP contribution in [0.4, 0.5) is 0 Å². The summed E-state index contributed by atoms with van der Waals surface area (Å²) in [6.45, 7) is 6.48. The van der Waals surface area contributed by atoms with Crippen LogP contribution in [0, 0.1) is 0 Å². The number of hydrogen-bond donors (Lipinski definition) is 0. The number of hydrogen-bond acceptors (Lipinski definition) is 2. The Morgan fingerprint density at radius 2 is 1.80 bits per heavy atom. The van der Waals surface area contributed by atoms with E-state index < -0.39 is 0 Å². The lowest BCUT2D eigenvalue weighted by Crippen LogP contribution is -2.30. The molecule has 0 saturated carbocycles. The van der Waals surface area contributed by atoms with E-state index in [-0.39, 0.29) is 0 Å². The first-order chi connectivity index (χ1) is 7.27. The quantitative estimate of drug-likeness (QED) is 0.728. The van der Waals surface area contributed by atoms with Crippen LogP contribution in [0.15, 0.2) is 30.3 Å². The van der Waals surface area contributed by atoms with Crippen LogP contribution in [0.25, 0.3) is 0 Å². The van der Waals surface area contributed by atoms with Crippen molar-refractivity contribution in [2.75, 3.05) is 13.1 Å². The summed E-state index contributed by atoms with van der Waals surface area (Å²) in [5.74, 6) is 0. The largest absolute Gasteiger partial charge is 0.466 e. The third kappa shape index (κ3) is 3.88. The maximum atomic E-state index is 5.53. The van der Waals surface area contributed by atoms with Gasteiger partial charge in [0.05, 0.1) is 0 Å². The lowest BCUT2D eigenvalue weighted by atomic mass is 10.2. The summed E-state index contributed by atoms with van der Waals surface area (Å²) in [4.78, 5) is 2.03. The molecule has 0 aromatic heterocycles. The Balaban J connectivity index is 2.40. The standard InChI is InChI=1S/C12H17NOS/c1-3-13(4-2)12(15)14-10-11-8-6-5-7-9-11/h5-9H,3-4,10H2,1-2H3. The molecule has 0 amide bonds. The van der Waals surface area contributed by atoms with Gasteiger partial charge in [0.2, 0.25) is 0 Å². The normalized spacial score (nSPS) is 9.73. The van der Waals surface area contributed by atoms with Crippen molar-refractivity contribution in [3.05, 3.63) is 35.9 Å². The van der Waals surface area contributed by atoms with Gasteiger partial charge in [-0.05, 0) is 31.6 Å². The molecular formula is C12H17NOS. The molecule has 1 aromatic rings. The van der Waals surface area contributed by atoms with Gasteiger partial charge in [0, 0.05) is 13.1 Å². The first-order valence-corrected chi connectivity index (χ1v) is 5.64. The fraction of sp³-hybridized carbons (Fsp3) is 0.417. The summed E-state index contributed by atoms with van der Waals surface area (Å²) < 4.78 is 5.53. The minimum Gasteiger partial charge on any atom is -0.466 e. The second kappa shape index (κ2) is 6.40. The first kappa shape index (κ1) is 12.0. The zero-order valence-corrected chi connectivity index (χ0v) is 10.1. The fourth-order valence-electron chi connectivity index (χ4n) is 1.29. The van der Waals surface area contributed by atoms with Gasteiger partial charge in [0.15, 0.2) is 0 Å². The van der Waals surface area contributed by atoms with E-state index in [9.17, 15) is 0 Å². The first-order valence-electron chi connectivity index (χ1n) is 5.23. The zero-order valence-electron chi connectivity index (χ0n) is 9.27. The maximum absolute atomic E-state index is 5.53. The summed E-state index contributed by atoms with van der Waals surface area (Å²) in [6, 6.07) is 10.1. The van der Waals surface area contributed by atoms with Crippen molar-refractivity contribution in [1.82, 2.24) is 4.90 Å². The minimum atomic E-state index is 0.552. The van der Waals surface area contributed by atoms with Gasteiger partial charge in [0.1, 0.15) is 6.61 Å². The highest BCUT2D eigenvalue weighted by Gasteiger charge is 2.05. The van der Waals surface area contributed by atoms with E-state index in [2.05, 4.69) is 13.8 Å². The molecule has 0 saturated heterocycles. The van der Waals surface area contributed by atoms with Crippen LogP contribution in [-0.4, -0.2) is 23.2 Å². The number of ether oxygens (including phenoxy) is 1. The van der Waals surface area contributed by atoms with E-state index in [0.717, 1.165) is 18.7 Å². The second-order valence-corrected chi connectivity index (χ2v) is 3.56. The Kier molecular flexibility index (Phi) is 5.12. The second-order valence-electron chi connectivity index (χ2n) is 3.21.